The predicted octanol–water partition coefficient (Wildman–Crippen LogP) is 2.93. The first-order valence-electron chi connectivity index (χ1n) is 7.48. The van der Waals surface area contributed by atoms with E-state index < -0.39 is 5.60 Å². The van der Waals surface area contributed by atoms with Crippen molar-refractivity contribution >= 4 is 6.09 Å². The third kappa shape index (κ3) is 6.81. The summed E-state index contributed by atoms with van der Waals surface area (Å²) in [5.74, 6) is 1.20. The molecule has 1 amide bonds. The fraction of sp³-hybridized carbons (Fsp3) is 0.933. The highest BCUT2D eigenvalue weighted by Gasteiger charge is 2.27. The van der Waals surface area contributed by atoms with Crippen LogP contribution in [0.5, 0.6) is 0 Å². The summed E-state index contributed by atoms with van der Waals surface area (Å²) < 4.78 is 5.36. The summed E-state index contributed by atoms with van der Waals surface area (Å²) in [6.07, 6.45) is 2.98. The van der Waals surface area contributed by atoms with Gasteiger partial charge in [0.05, 0.1) is 0 Å². The Bertz CT molecular complexity index is 284. The van der Waals surface area contributed by atoms with Gasteiger partial charge in [-0.25, -0.2) is 4.79 Å². The summed E-state index contributed by atoms with van der Waals surface area (Å²) in [4.78, 5) is 11.9. The summed E-state index contributed by atoms with van der Waals surface area (Å²) in [6, 6.07) is 0.229. The summed E-state index contributed by atoms with van der Waals surface area (Å²) in [6.45, 7) is 12.2. The minimum Gasteiger partial charge on any atom is -0.444 e. The standard InChI is InChI=1S/C15H30N2O2/c1-11(2)10-12-6-8-16-9-7-13(12)17-14(18)19-15(3,4)5/h11-13,16H,6-10H2,1-5H3,(H,17,18). The quantitative estimate of drug-likeness (QED) is 0.829. The van der Waals surface area contributed by atoms with Crippen molar-refractivity contribution < 1.29 is 9.53 Å². The molecule has 2 N–H and O–H groups in total. The first-order valence-corrected chi connectivity index (χ1v) is 7.48. The van der Waals surface area contributed by atoms with E-state index in [-0.39, 0.29) is 12.1 Å². The lowest BCUT2D eigenvalue weighted by Gasteiger charge is -2.28. The van der Waals surface area contributed by atoms with Crippen LogP contribution >= 0.6 is 0 Å². The molecule has 0 aliphatic carbocycles. The largest absolute Gasteiger partial charge is 0.444 e. The van der Waals surface area contributed by atoms with Gasteiger partial charge >= 0.3 is 6.09 Å². The van der Waals surface area contributed by atoms with Crippen molar-refractivity contribution in [2.45, 2.75) is 65.5 Å². The number of nitrogens with one attached hydrogen (secondary N) is 2. The van der Waals surface area contributed by atoms with Gasteiger partial charge in [0.25, 0.3) is 0 Å². The first-order chi connectivity index (χ1) is 8.78. The van der Waals surface area contributed by atoms with Crippen molar-refractivity contribution in [1.82, 2.24) is 10.6 Å². The fourth-order valence-electron chi connectivity index (χ4n) is 2.64. The molecule has 4 nitrogen and oxygen atoms in total. The Morgan fingerprint density at radius 2 is 1.95 bits per heavy atom. The summed E-state index contributed by atoms with van der Waals surface area (Å²) in [5.41, 5.74) is -0.430. The Kier molecular flexibility index (Phi) is 6.11. The van der Waals surface area contributed by atoms with Crippen LogP contribution in [0.1, 0.15) is 53.9 Å². The number of rotatable bonds is 3. The van der Waals surface area contributed by atoms with E-state index in [1.165, 1.54) is 0 Å². The molecule has 0 radical (unpaired) electrons. The van der Waals surface area contributed by atoms with E-state index in [9.17, 15) is 4.79 Å². The average molecular weight is 270 g/mol. The molecule has 0 saturated carbocycles. The van der Waals surface area contributed by atoms with Gasteiger partial charge in [-0.3, -0.25) is 0 Å². The van der Waals surface area contributed by atoms with Gasteiger partial charge < -0.3 is 15.4 Å². The molecule has 2 atom stereocenters. The van der Waals surface area contributed by atoms with Crippen LogP contribution in [0.15, 0.2) is 0 Å². The molecule has 0 spiro atoms. The molecule has 1 heterocycles. The zero-order chi connectivity index (χ0) is 14.5. The second-order valence-corrected chi connectivity index (χ2v) is 6.97. The minimum absolute atomic E-state index is 0.229. The van der Waals surface area contributed by atoms with Crippen molar-refractivity contribution in [1.29, 1.82) is 0 Å². The van der Waals surface area contributed by atoms with E-state index in [1.807, 2.05) is 20.8 Å². The van der Waals surface area contributed by atoms with Crippen molar-refractivity contribution in [2.24, 2.45) is 11.8 Å². The van der Waals surface area contributed by atoms with Crippen LogP contribution in [0.25, 0.3) is 0 Å². The Labute approximate surface area is 117 Å². The highest BCUT2D eigenvalue weighted by atomic mass is 16.6. The number of ether oxygens (including phenoxy) is 1. The lowest BCUT2D eigenvalue weighted by Crippen LogP contribution is -2.43. The van der Waals surface area contributed by atoms with Crippen LogP contribution in [0.4, 0.5) is 4.79 Å². The van der Waals surface area contributed by atoms with E-state index in [0.717, 1.165) is 32.4 Å². The molecule has 19 heavy (non-hydrogen) atoms. The molecule has 1 aliphatic rings. The second kappa shape index (κ2) is 7.13. The number of alkyl carbamates (subject to hydrolysis) is 1. The van der Waals surface area contributed by atoms with E-state index in [1.54, 1.807) is 0 Å². The van der Waals surface area contributed by atoms with Gasteiger partial charge in [-0.05, 0) is 65.0 Å². The highest BCUT2D eigenvalue weighted by Crippen LogP contribution is 2.23. The first kappa shape index (κ1) is 16.3. The summed E-state index contributed by atoms with van der Waals surface area (Å²) >= 11 is 0. The van der Waals surface area contributed by atoms with E-state index in [2.05, 4.69) is 24.5 Å². The zero-order valence-electron chi connectivity index (χ0n) is 13.1. The predicted molar refractivity (Wildman–Crippen MR) is 78.2 cm³/mol. The molecule has 1 saturated heterocycles. The number of amides is 1. The monoisotopic (exact) mass is 270 g/mol. The molecule has 0 aromatic rings. The molecular weight excluding hydrogens is 240 g/mol. The molecule has 0 aromatic heterocycles. The SMILES string of the molecule is CC(C)CC1CCNCCC1NC(=O)OC(C)(C)C. The number of carbonyl (C=O) groups is 1. The van der Waals surface area contributed by atoms with Crippen LogP contribution < -0.4 is 10.6 Å². The third-order valence-corrected chi connectivity index (χ3v) is 3.37. The second-order valence-electron chi connectivity index (χ2n) is 6.97. The van der Waals surface area contributed by atoms with Crippen LogP contribution in [0.3, 0.4) is 0 Å². The van der Waals surface area contributed by atoms with Crippen LogP contribution in [-0.4, -0.2) is 30.8 Å². The number of hydrogen-bond acceptors (Lipinski definition) is 3. The highest BCUT2D eigenvalue weighted by molar-refractivity contribution is 5.68. The van der Waals surface area contributed by atoms with Gasteiger partial charge in [0, 0.05) is 6.04 Å². The van der Waals surface area contributed by atoms with E-state index >= 15 is 0 Å². The van der Waals surface area contributed by atoms with Crippen molar-refractivity contribution in [3.8, 4) is 0 Å². The van der Waals surface area contributed by atoms with Gasteiger partial charge in [0.15, 0.2) is 0 Å². The minimum atomic E-state index is -0.430. The maximum Gasteiger partial charge on any atom is 0.407 e. The Balaban J connectivity index is 2.57. The third-order valence-electron chi connectivity index (χ3n) is 3.37. The molecule has 1 aliphatic heterocycles. The maximum absolute atomic E-state index is 11.9. The number of carbonyl (C=O) groups excluding carboxylic acids is 1. The number of hydrogen-bond donors (Lipinski definition) is 2. The van der Waals surface area contributed by atoms with E-state index in [4.69, 9.17) is 4.74 Å². The molecule has 0 bridgehead atoms. The molecule has 112 valence electrons. The molecular formula is C15H30N2O2. The smallest absolute Gasteiger partial charge is 0.407 e. The lowest BCUT2D eigenvalue weighted by atomic mass is 9.87. The summed E-state index contributed by atoms with van der Waals surface area (Å²) in [5, 5.41) is 6.48. The average Bonchev–Trinajstić information content (AvgIpc) is 2.41. The van der Waals surface area contributed by atoms with Gasteiger partial charge in [0.1, 0.15) is 5.60 Å². The normalized spacial score (nSPS) is 24.9. The molecule has 2 unspecified atom stereocenters. The molecule has 4 heteroatoms. The molecule has 1 rings (SSSR count). The van der Waals surface area contributed by atoms with Crippen molar-refractivity contribution in [3.05, 3.63) is 0 Å². The van der Waals surface area contributed by atoms with Crippen LogP contribution in [-0.2, 0) is 4.74 Å². The summed E-state index contributed by atoms with van der Waals surface area (Å²) in [7, 11) is 0. The Morgan fingerprint density at radius 1 is 1.32 bits per heavy atom. The maximum atomic E-state index is 11.9. The Morgan fingerprint density at radius 3 is 2.53 bits per heavy atom. The topological polar surface area (TPSA) is 50.4 Å². The van der Waals surface area contributed by atoms with Gasteiger partial charge in [-0.2, -0.15) is 0 Å². The van der Waals surface area contributed by atoms with Crippen molar-refractivity contribution in [2.75, 3.05) is 13.1 Å². The van der Waals surface area contributed by atoms with Gasteiger partial charge in [-0.15, -0.1) is 0 Å². The van der Waals surface area contributed by atoms with Crippen LogP contribution in [0.2, 0.25) is 0 Å². The lowest BCUT2D eigenvalue weighted by molar-refractivity contribution is 0.0479. The van der Waals surface area contributed by atoms with Crippen LogP contribution in [0, 0.1) is 11.8 Å². The fourth-order valence-corrected chi connectivity index (χ4v) is 2.64. The zero-order valence-corrected chi connectivity index (χ0v) is 13.1. The molecule has 0 aromatic carbocycles. The molecule has 1 fully saturated rings. The van der Waals surface area contributed by atoms with Gasteiger partial charge in [0.2, 0.25) is 0 Å². The van der Waals surface area contributed by atoms with Crippen molar-refractivity contribution in [3.63, 3.8) is 0 Å². The van der Waals surface area contributed by atoms with Gasteiger partial charge in [-0.1, -0.05) is 13.8 Å². The Hall–Kier alpha value is -0.770. The van der Waals surface area contributed by atoms with E-state index in [0.29, 0.717) is 11.8 Å².